The van der Waals surface area contributed by atoms with Crippen molar-refractivity contribution >= 4 is 67.6 Å². The zero-order valence-electron chi connectivity index (χ0n) is 3.25. The highest BCUT2D eigenvalue weighted by Gasteiger charge is 1.80. The maximum atomic E-state index is 8.98. The first-order valence-corrected chi connectivity index (χ1v) is 5.90. The maximum absolute atomic E-state index is 8.98. The summed E-state index contributed by atoms with van der Waals surface area (Å²) in [5, 5.41) is 0. The first kappa shape index (κ1) is 12.2. The van der Waals surface area contributed by atoms with E-state index in [-0.39, 0.29) is 0 Å². The molecule has 0 saturated heterocycles. The van der Waals surface area contributed by atoms with Crippen LogP contribution in [0.1, 0.15) is 0 Å². The Bertz CT molecular complexity index is 56.7. The third-order valence-electron chi connectivity index (χ3n) is 0. The van der Waals surface area contributed by atoms with Crippen molar-refractivity contribution in [1.82, 2.24) is 0 Å². The van der Waals surface area contributed by atoms with Gasteiger partial charge in [-0.2, -0.15) is 0 Å². The van der Waals surface area contributed by atoms with Crippen molar-refractivity contribution in [2.24, 2.45) is 0 Å². The summed E-state index contributed by atoms with van der Waals surface area (Å²) in [6, 6.07) is 0. The summed E-state index contributed by atoms with van der Waals surface area (Å²) in [6.07, 6.45) is 0. The average Bonchev–Trinajstić information content (AvgIpc) is 1.25. The molecule has 1 nitrogen and oxygen atoms in total. The highest BCUT2D eigenvalue weighted by Crippen LogP contribution is 2.51. The molecule has 0 bridgehead atoms. The molecule has 0 unspecified atom stereocenters. The second-order valence-corrected chi connectivity index (χ2v) is 6.28. The van der Waals surface area contributed by atoms with E-state index in [1.54, 1.807) is 0 Å². The lowest BCUT2D eigenvalue weighted by Crippen LogP contribution is -1.46. The second kappa shape index (κ2) is 8.55. The van der Waals surface area contributed by atoms with Crippen molar-refractivity contribution in [3.05, 3.63) is 0 Å². The highest BCUT2D eigenvalue weighted by molar-refractivity contribution is 8.20. The van der Waals surface area contributed by atoms with Crippen molar-refractivity contribution in [1.29, 1.82) is 0 Å². The van der Waals surface area contributed by atoms with Gasteiger partial charge in [0.15, 0.2) is 5.98 Å². The van der Waals surface area contributed by atoms with Crippen molar-refractivity contribution in [2.75, 3.05) is 0 Å². The Hall–Kier alpha value is 1.55. The van der Waals surface area contributed by atoms with E-state index in [0.29, 0.717) is 0 Å². The Balaban J connectivity index is 0. The van der Waals surface area contributed by atoms with Crippen LogP contribution in [-0.2, 0) is 0 Å². The Kier molecular flexibility index (Phi) is 13.1. The van der Waals surface area contributed by atoms with Gasteiger partial charge >= 0.3 is 4.70 Å². The number of hydrogen-bond donors (Lipinski definition) is 0. The Morgan fingerprint density at radius 2 is 1.12 bits per heavy atom. The molecule has 0 aliphatic rings. The van der Waals surface area contributed by atoms with E-state index >= 15 is 0 Å². The molecule has 7 heteroatoms. The van der Waals surface area contributed by atoms with Gasteiger partial charge in [-0.3, -0.25) is 4.79 Å². The topological polar surface area (TPSA) is 17.1 Å². The summed E-state index contributed by atoms with van der Waals surface area (Å²) in [7, 11) is 0. The van der Waals surface area contributed by atoms with Crippen LogP contribution in [0.3, 0.4) is 0 Å². The van der Waals surface area contributed by atoms with Crippen LogP contribution in [0.25, 0.3) is 0 Å². The molecule has 0 aromatic heterocycles. The van der Waals surface area contributed by atoms with Gasteiger partial charge in [0.05, 0.1) is 0 Å². The minimum absolute atomic E-state index is 0.889. The second-order valence-electron chi connectivity index (χ2n) is 0.417. The average molecular weight is 236 g/mol. The van der Waals surface area contributed by atoms with Crippen LogP contribution in [0, 0.1) is 0 Å². The molecule has 0 aliphatic carbocycles. The summed E-state index contributed by atoms with van der Waals surface area (Å²) >= 11 is 23.4. The molecular formula is CCl5OP. The molecule has 0 amide bonds. The zero-order chi connectivity index (χ0) is 7.15. The lowest BCUT2D eigenvalue weighted by molar-refractivity contribution is 0.275. The van der Waals surface area contributed by atoms with Gasteiger partial charge in [0.1, 0.15) is 0 Å². The summed E-state index contributed by atoms with van der Waals surface area (Å²) in [4.78, 5) is 8.98. The molecule has 0 aromatic carbocycles. The summed E-state index contributed by atoms with van der Waals surface area (Å²) in [5.74, 6) is -1.20. The first-order valence-electron chi connectivity index (χ1n) is 1.09. The lowest BCUT2D eigenvalue weighted by atomic mass is 11.8. The third kappa shape index (κ3) is 135. The predicted molar refractivity (Wildman–Crippen MR) is 41.6 cm³/mol. The van der Waals surface area contributed by atoms with Gasteiger partial charge < -0.3 is 0 Å². The summed E-state index contributed by atoms with van der Waals surface area (Å²) in [5.41, 5.74) is 0. The molecule has 0 saturated carbocycles. The fraction of sp³-hybridized carbons (Fsp3) is 0. The van der Waals surface area contributed by atoms with Crippen LogP contribution < -0.4 is 0 Å². The predicted octanol–water partition coefficient (Wildman–Crippen LogP) is 4.51. The summed E-state index contributed by atoms with van der Waals surface area (Å²) < 4.78 is -0.889. The van der Waals surface area contributed by atoms with Gasteiger partial charge in [-0.15, -0.1) is 0 Å². The lowest BCUT2D eigenvalue weighted by Gasteiger charge is -1.68. The smallest absolute Gasteiger partial charge is 0.262 e. The molecule has 0 heterocycles. The molecular weight excluding hydrogens is 236 g/mol. The van der Waals surface area contributed by atoms with Gasteiger partial charge in [-0.05, 0) is 23.2 Å². The monoisotopic (exact) mass is 234 g/mol. The molecule has 8 heavy (non-hydrogen) atoms. The number of carbonyl (C=O) groups excluding carboxylic acids is 1. The molecule has 0 rings (SSSR count). The number of hydrogen-bond acceptors (Lipinski definition) is 1. The summed E-state index contributed by atoms with van der Waals surface area (Å²) in [6.45, 7) is 0. The third-order valence-corrected chi connectivity index (χ3v) is 0. The number of carbonyl (C=O) groups is 1. The SMILES string of the molecule is ClP(Cl)Cl.O=C(Cl)Cl. The highest BCUT2D eigenvalue weighted by atomic mass is 36.0. The Morgan fingerprint density at radius 1 is 1.12 bits per heavy atom. The van der Waals surface area contributed by atoms with Crippen molar-refractivity contribution in [2.45, 2.75) is 0 Å². The molecule has 0 fully saturated rings. The van der Waals surface area contributed by atoms with Crippen LogP contribution in [0.15, 0.2) is 0 Å². The molecule has 0 radical (unpaired) electrons. The molecule has 0 aromatic rings. The van der Waals surface area contributed by atoms with E-state index in [1.165, 1.54) is 0 Å². The van der Waals surface area contributed by atoms with Crippen molar-refractivity contribution < 1.29 is 4.79 Å². The van der Waals surface area contributed by atoms with Crippen LogP contribution in [0.5, 0.6) is 0 Å². The van der Waals surface area contributed by atoms with E-state index < -0.39 is 10.7 Å². The van der Waals surface area contributed by atoms with Crippen molar-refractivity contribution in [3.8, 4) is 0 Å². The van der Waals surface area contributed by atoms with Gasteiger partial charge in [-0.25, -0.2) is 0 Å². The van der Waals surface area contributed by atoms with Gasteiger partial charge in [0.2, 0.25) is 0 Å². The first-order chi connectivity index (χ1) is 3.46. The quantitative estimate of drug-likeness (QED) is 0.446. The Morgan fingerprint density at radius 3 is 1.12 bits per heavy atom. The minimum atomic E-state index is -1.20. The molecule has 50 valence electrons. The van der Waals surface area contributed by atoms with E-state index in [9.17, 15) is 0 Å². The molecule has 0 spiro atoms. The van der Waals surface area contributed by atoms with Gasteiger partial charge in [0.25, 0.3) is 0 Å². The maximum Gasteiger partial charge on any atom is 0.313 e. The Labute approximate surface area is 72.3 Å². The minimum Gasteiger partial charge on any atom is -0.262 e. The van der Waals surface area contributed by atoms with Gasteiger partial charge in [0, 0.05) is 0 Å². The van der Waals surface area contributed by atoms with E-state index in [1.807, 2.05) is 0 Å². The molecule has 0 atom stereocenters. The van der Waals surface area contributed by atoms with Crippen molar-refractivity contribution in [3.63, 3.8) is 0 Å². The normalized spacial score (nSPS) is 7.75. The largest absolute Gasteiger partial charge is 0.313 e. The standard InChI is InChI=1S/CCl2O.Cl3P/c2-1(3)4;1-4(2)3. The van der Waals surface area contributed by atoms with E-state index in [0.717, 1.165) is 0 Å². The van der Waals surface area contributed by atoms with Crippen LogP contribution in [0.4, 0.5) is 4.79 Å². The fourth-order valence-electron chi connectivity index (χ4n) is 0. The molecule has 0 aliphatic heterocycles. The number of rotatable bonds is 0. The van der Waals surface area contributed by atoms with Crippen LogP contribution in [0.2, 0.25) is 0 Å². The fourth-order valence-corrected chi connectivity index (χ4v) is 0. The van der Waals surface area contributed by atoms with Gasteiger partial charge in [-0.1, -0.05) is 33.7 Å². The van der Waals surface area contributed by atoms with E-state index in [4.69, 9.17) is 38.5 Å². The van der Waals surface area contributed by atoms with E-state index in [2.05, 4.69) is 23.2 Å². The van der Waals surface area contributed by atoms with Crippen LogP contribution >= 0.6 is 62.9 Å². The number of halogens is 5. The zero-order valence-corrected chi connectivity index (χ0v) is 7.92. The van der Waals surface area contributed by atoms with Crippen LogP contribution in [-0.4, -0.2) is 4.70 Å². The molecule has 0 N–H and O–H groups in total.